The van der Waals surface area contributed by atoms with E-state index in [2.05, 4.69) is 10.0 Å². The van der Waals surface area contributed by atoms with Crippen molar-refractivity contribution in [3.63, 3.8) is 0 Å². The molecule has 1 amide bonds. The summed E-state index contributed by atoms with van der Waals surface area (Å²) in [4.78, 5) is 12.5. The number of benzene rings is 2. The highest BCUT2D eigenvalue weighted by molar-refractivity contribution is 7.89. The Balaban J connectivity index is 1.70. The Morgan fingerprint density at radius 2 is 1.83 bits per heavy atom. The molecule has 1 aliphatic rings. The van der Waals surface area contributed by atoms with Gasteiger partial charge in [0.15, 0.2) is 11.5 Å². The zero-order valence-electron chi connectivity index (χ0n) is 17.4. The lowest BCUT2D eigenvalue weighted by molar-refractivity contribution is 0.0954. The maximum atomic E-state index is 12.7. The minimum absolute atomic E-state index is 0.0802. The molecule has 1 aliphatic heterocycles. The number of hydrogen-bond donors (Lipinski definition) is 2. The van der Waals surface area contributed by atoms with Crippen LogP contribution in [0.2, 0.25) is 0 Å². The number of hydrogen-bond acceptors (Lipinski definition) is 6. The van der Waals surface area contributed by atoms with Crippen LogP contribution in [-0.2, 0) is 16.4 Å². The fourth-order valence-corrected chi connectivity index (χ4v) is 4.62. The van der Waals surface area contributed by atoms with Crippen LogP contribution in [0.4, 0.5) is 0 Å². The summed E-state index contributed by atoms with van der Waals surface area (Å²) in [5.74, 6) is 1.20. The van der Waals surface area contributed by atoms with Gasteiger partial charge in [-0.2, -0.15) is 0 Å². The van der Waals surface area contributed by atoms with E-state index in [1.54, 1.807) is 20.8 Å². The van der Waals surface area contributed by atoms with Gasteiger partial charge in [-0.05, 0) is 63.1 Å². The standard InChI is InChI=1S/C21H26N2O6S/c1-21(2,3)23-30(25,26)19-12-15(6-8-17(19)27-4)20(24)22-10-9-14-5-7-16-18(11-14)29-13-28-16/h5-8,11-12,23H,9-10,13H2,1-4H3,(H,22,24). The number of carbonyl (C=O) groups excluding carboxylic acids is 1. The van der Waals surface area contributed by atoms with Gasteiger partial charge >= 0.3 is 0 Å². The maximum Gasteiger partial charge on any atom is 0.251 e. The number of amides is 1. The molecule has 0 fully saturated rings. The number of carbonyl (C=O) groups is 1. The van der Waals surface area contributed by atoms with E-state index < -0.39 is 15.6 Å². The molecule has 1 heterocycles. The van der Waals surface area contributed by atoms with Crippen molar-refractivity contribution in [1.29, 1.82) is 0 Å². The minimum atomic E-state index is -3.87. The molecule has 30 heavy (non-hydrogen) atoms. The third kappa shape index (κ3) is 5.22. The number of fused-ring (bicyclic) bond motifs is 1. The summed E-state index contributed by atoms with van der Waals surface area (Å²) in [6.45, 7) is 5.81. The van der Waals surface area contributed by atoms with Crippen LogP contribution in [-0.4, -0.2) is 40.3 Å². The fraction of sp³-hybridized carbons (Fsp3) is 0.381. The van der Waals surface area contributed by atoms with Gasteiger partial charge in [-0.3, -0.25) is 4.79 Å². The van der Waals surface area contributed by atoms with Crippen molar-refractivity contribution < 1.29 is 27.4 Å². The average Bonchev–Trinajstić information content (AvgIpc) is 3.13. The zero-order valence-corrected chi connectivity index (χ0v) is 18.3. The number of sulfonamides is 1. The van der Waals surface area contributed by atoms with Crippen LogP contribution in [0.3, 0.4) is 0 Å². The molecule has 0 atom stereocenters. The lowest BCUT2D eigenvalue weighted by Gasteiger charge is -2.21. The predicted molar refractivity (Wildman–Crippen MR) is 112 cm³/mol. The Kier molecular flexibility index (Phi) is 6.23. The maximum absolute atomic E-state index is 12.7. The fourth-order valence-electron chi connectivity index (χ4n) is 3.00. The van der Waals surface area contributed by atoms with Gasteiger partial charge in [-0.1, -0.05) is 6.07 Å². The zero-order chi connectivity index (χ0) is 21.9. The minimum Gasteiger partial charge on any atom is -0.495 e. The molecular weight excluding hydrogens is 408 g/mol. The van der Waals surface area contributed by atoms with E-state index in [0.717, 1.165) is 5.56 Å². The Hall–Kier alpha value is -2.78. The van der Waals surface area contributed by atoms with E-state index >= 15 is 0 Å². The van der Waals surface area contributed by atoms with Crippen LogP contribution in [0.25, 0.3) is 0 Å². The molecule has 0 saturated heterocycles. The van der Waals surface area contributed by atoms with Crippen molar-refractivity contribution in [2.45, 2.75) is 37.6 Å². The van der Waals surface area contributed by atoms with Crippen LogP contribution in [0, 0.1) is 0 Å². The Morgan fingerprint density at radius 1 is 1.10 bits per heavy atom. The molecule has 0 radical (unpaired) electrons. The molecular formula is C21H26N2O6S. The Bertz CT molecular complexity index is 1040. The molecule has 0 aliphatic carbocycles. The Labute approximate surface area is 176 Å². The van der Waals surface area contributed by atoms with Crippen molar-refractivity contribution in [1.82, 2.24) is 10.0 Å². The van der Waals surface area contributed by atoms with Gasteiger partial charge in [0.25, 0.3) is 5.91 Å². The molecule has 3 rings (SSSR count). The summed E-state index contributed by atoms with van der Waals surface area (Å²) >= 11 is 0. The van der Waals surface area contributed by atoms with E-state index in [-0.39, 0.29) is 28.9 Å². The smallest absolute Gasteiger partial charge is 0.251 e. The van der Waals surface area contributed by atoms with Crippen molar-refractivity contribution in [2.24, 2.45) is 0 Å². The molecule has 0 spiro atoms. The summed E-state index contributed by atoms with van der Waals surface area (Å²) in [6, 6.07) is 9.96. The first kappa shape index (κ1) is 21.9. The summed E-state index contributed by atoms with van der Waals surface area (Å²) in [5.41, 5.74) is 0.551. The van der Waals surface area contributed by atoms with Crippen LogP contribution in [0.5, 0.6) is 17.2 Å². The van der Waals surface area contributed by atoms with E-state index in [0.29, 0.717) is 24.5 Å². The molecule has 0 unspecified atom stereocenters. The van der Waals surface area contributed by atoms with E-state index in [1.807, 2.05) is 18.2 Å². The number of rotatable bonds is 7. The number of ether oxygens (including phenoxy) is 3. The second kappa shape index (κ2) is 8.53. The highest BCUT2D eigenvalue weighted by Crippen LogP contribution is 2.32. The van der Waals surface area contributed by atoms with Gasteiger partial charge in [0, 0.05) is 17.6 Å². The topological polar surface area (TPSA) is 103 Å². The van der Waals surface area contributed by atoms with Gasteiger partial charge in [-0.15, -0.1) is 0 Å². The van der Waals surface area contributed by atoms with E-state index in [9.17, 15) is 13.2 Å². The van der Waals surface area contributed by atoms with E-state index in [1.165, 1.54) is 25.3 Å². The molecule has 2 aromatic rings. The molecule has 0 saturated carbocycles. The predicted octanol–water partition coefficient (Wildman–Crippen LogP) is 2.47. The third-order valence-corrected chi connectivity index (χ3v) is 6.07. The molecule has 2 aromatic carbocycles. The third-order valence-electron chi connectivity index (χ3n) is 4.29. The first-order chi connectivity index (χ1) is 14.1. The Morgan fingerprint density at radius 3 is 2.53 bits per heavy atom. The monoisotopic (exact) mass is 434 g/mol. The molecule has 2 N–H and O–H groups in total. The van der Waals surface area contributed by atoms with Gasteiger partial charge in [-0.25, -0.2) is 13.1 Å². The van der Waals surface area contributed by atoms with Gasteiger partial charge < -0.3 is 19.5 Å². The number of methoxy groups -OCH3 is 1. The second-order valence-corrected chi connectivity index (χ2v) is 9.57. The normalized spacial score (nSPS) is 13.2. The molecule has 0 bridgehead atoms. The van der Waals surface area contributed by atoms with Crippen LogP contribution >= 0.6 is 0 Å². The number of nitrogens with one attached hydrogen (secondary N) is 2. The quantitative estimate of drug-likeness (QED) is 0.694. The average molecular weight is 435 g/mol. The largest absolute Gasteiger partial charge is 0.495 e. The van der Waals surface area contributed by atoms with Crippen molar-refractivity contribution in [3.05, 3.63) is 47.5 Å². The van der Waals surface area contributed by atoms with Crippen LogP contribution < -0.4 is 24.2 Å². The first-order valence-electron chi connectivity index (χ1n) is 9.48. The highest BCUT2D eigenvalue weighted by Gasteiger charge is 2.26. The lowest BCUT2D eigenvalue weighted by atomic mass is 10.1. The lowest BCUT2D eigenvalue weighted by Crippen LogP contribution is -2.40. The summed E-state index contributed by atoms with van der Waals surface area (Å²) in [7, 11) is -2.48. The SMILES string of the molecule is COc1ccc(C(=O)NCCc2ccc3c(c2)OCO3)cc1S(=O)(=O)NC(C)(C)C. The summed E-state index contributed by atoms with van der Waals surface area (Å²) < 4.78 is 43.9. The summed E-state index contributed by atoms with van der Waals surface area (Å²) in [6.07, 6.45) is 0.593. The van der Waals surface area contributed by atoms with Crippen molar-refractivity contribution in [3.8, 4) is 17.2 Å². The van der Waals surface area contributed by atoms with Gasteiger partial charge in [0.1, 0.15) is 10.6 Å². The second-order valence-electron chi connectivity index (χ2n) is 7.91. The molecule has 0 aromatic heterocycles. The highest BCUT2D eigenvalue weighted by atomic mass is 32.2. The summed E-state index contributed by atoms with van der Waals surface area (Å²) in [5, 5.41) is 2.81. The van der Waals surface area contributed by atoms with Crippen LogP contribution in [0.15, 0.2) is 41.3 Å². The molecule has 9 heteroatoms. The van der Waals surface area contributed by atoms with E-state index in [4.69, 9.17) is 14.2 Å². The van der Waals surface area contributed by atoms with Gasteiger partial charge in [0.05, 0.1) is 7.11 Å². The molecule has 162 valence electrons. The van der Waals surface area contributed by atoms with Crippen molar-refractivity contribution >= 4 is 15.9 Å². The van der Waals surface area contributed by atoms with Crippen LogP contribution in [0.1, 0.15) is 36.7 Å². The van der Waals surface area contributed by atoms with Gasteiger partial charge in [0.2, 0.25) is 16.8 Å². The van der Waals surface area contributed by atoms with Crippen molar-refractivity contribution in [2.75, 3.05) is 20.4 Å². The molecule has 8 nitrogen and oxygen atoms in total. The first-order valence-corrected chi connectivity index (χ1v) is 11.0.